The van der Waals surface area contributed by atoms with E-state index in [0.29, 0.717) is 6.42 Å². The first-order chi connectivity index (χ1) is 8.60. The molecule has 2 heterocycles. The fourth-order valence-electron chi connectivity index (χ4n) is 3.51. The minimum Gasteiger partial charge on any atom is -0.456 e. The highest BCUT2D eigenvalue weighted by molar-refractivity contribution is 5.73. The Balaban J connectivity index is 2.06. The summed E-state index contributed by atoms with van der Waals surface area (Å²) in [6.45, 7) is 6.52. The zero-order chi connectivity index (χ0) is 13.2. The van der Waals surface area contributed by atoms with E-state index in [9.17, 15) is 4.79 Å². The van der Waals surface area contributed by atoms with Gasteiger partial charge in [0.2, 0.25) is 0 Å². The van der Waals surface area contributed by atoms with Crippen molar-refractivity contribution in [3.63, 3.8) is 0 Å². The van der Waals surface area contributed by atoms with Crippen molar-refractivity contribution in [1.29, 1.82) is 0 Å². The van der Waals surface area contributed by atoms with Crippen molar-refractivity contribution in [3.8, 4) is 0 Å². The Morgan fingerprint density at radius 3 is 2.56 bits per heavy atom. The Morgan fingerprint density at radius 2 is 2.00 bits per heavy atom. The van der Waals surface area contributed by atoms with Gasteiger partial charge in [0.05, 0.1) is 12.0 Å². The van der Waals surface area contributed by atoms with Gasteiger partial charge in [-0.05, 0) is 19.3 Å². The lowest BCUT2D eigenvalue weighted by Crippen LogP contribution is -2.35. The number of fused-ring (bicyclic) bond motifs is 1. The van der Waals surface area contributed by atoms with Gasteiger partial charge in [0.1, 0.15) is 11.7 Å². The fourth-order valence-corrected chi connectivity index (χ4v) is 3.51. The molecule has 3 nitrogen and oxygen atoms in total. The van der Waals surface area contributed by atoms with Crippen LogP contribution in [0.5, 0.6) is 0 Å². The summed E-state index contributed by atoms with van der Waals surface area (Å²) in [5.74, 6) is -0.0832. The third-order valence-electron chi connectivity index (χ3n) is 4.75. The van der Waals surface area contributed by atoms with Gasteiger partial charge >= 0.3 is 5.97 Å². The van der Waals surface area contributed by atoms with E-state index < -0.39 is 0 Å². The molecule has 0 aromatic carbocycles. The van der Waals surface area contributed by atoms with Crippen molar-refractivity contribution in [1.82, 2.24) is 0 Å². The van der Waals surface area contributed by atoms with Crippen LogP contribution in [0.3, 0.4) is 0 Å². The van der Waals surface area contributed by atoms with Gasteiger partial charge < -0.3 is 9.47 Å². The van der Waals surface area contributed by atoms with E-state index in [-0.39, 0.29) is 23.3 Å². The smallest absolute Gasteiger partial charge is 0.309 e. The number of esters is 1. The molecule has 3 heteroatoms. The van der Waals surface area contributed by atoms with E-state index in [1.807, 2.05) is 0 Å². The Morgan fingerprint density at radius 1 is 1.22 bits per heavy atom. The molecule has 0 aromatic rings. The Kier molecular flexibility index (Phi) is 4.00. The van der Waals surface area contributed by atoms with Gasteiger partial charge in [0.25, 0.3) is 0 Å². The number of rotatable bonds is 6. The van der Waals surface area contributed by atoms with Gasteiger partial charge in [-0.25, -0.2) is 0 Å². The topological polar surface area (TPSA) is 35.5 Å². The summed E-state index contributed by atoms with van der Waals surface area (Å²) in [6, 6.07) is 0. The van der Waals surface area contributed by atoms with E-state index in [1.165, 1.54) is 19.3 Å². The largest absolute Gasteiger partial charge is 0.456 e. The van der Waals surface area contributed by atoms with Crippen LogP contribution in [0.15, 0.2) is 0 Å². The van der Waals surface area contributed by atoms with Crippen molar-refractivity contribution in [2.75, 3.05) is 0 Å². The number of unbranched alkanes of at least 4 members (excludes halogenated alkanes) is 2. The van der Waals surface area contributed by atoms with Crippen molar-refractivity contribution < 1.29 is 14.3 Å². The zero-order valence-electron chi connectivity index (χ0n) is 12.0. The van der Waals surface area contributed by atoms with Crippen LogP contribution in [-0.2, 0) is 14.3 Å². The number of hydrogen-bond donors (Lipinski definition) is 0. The van der Waals surface area contributed by atoms with E-state index in [4.69, 9.17) is 9.47 Å². The number of ether oxygens (including phenoxy) is 2. The van der Waals surface area contributed by atoms with Crippen molar-refractivity contribution in [3.05, 3.63) is 0 Å². The van der Waals surface area contributed by atoms with E-state index in [2.05, 4.69) is 20.8 Å². The van der Waals surface area contributed by atoms with E-state index in [0.717, 1.165) is 25.7 Å². The van der Waals surface area contributed by atoms with Crippen LogP contribution in [0, 0.1) is 0 Å². The lowest BCUT2D eigenvalue weighted by Gasteiger charge is -2.29. The van der Waals surface area contributed by atoms with Crippen LogP contribution in [0.2, 0.25) is 0 Å². The maximum absolute atomic E-state index is 11.5. The molecule has 2 saturated heterocycles. The third kappa shape index (κ3) is 2.29. The Labute approximate surface area is 110 Å². The third-order valence-corrected chi connectivity index (χ3v) is 4.75. The van der Waals surface area contributed by atoms with E-state index >= 15 is 0 Å². The first-order valence-corrected chi connectivity index (χ1v) is 7.49. The van der Waals surface area contributed by atoms with Crippen molar-refractivity contribution in [2.24, 2.45) is 0 Å². The lowest BCUT2D eigenvalue weighted by molar-refractivity contribution is -0.149. The Bertz CT molecular complexity index is 315. The summed E-state index contributed by atoms with van der Waals surface area (Å²) in [6.07, 6.45) is 8.04. The minimum absolute atomic E-state index is 0.00317. The summed E-state index contributed by atoms with van der Waals surface area (Å²) in [5, 5.41) is 0. The maximum atomic E-state index is 11.5. The number of hydrogen-bond acceptors (Lipinski definition) is 3. The van der Waals surface area contributed by atoms with Gasteiger partial charge in [0.15, 0.2) is 0 Å². The Hall–Kier alpha value is -0.570. The fraction of sp³-hybridized carbons (Fsp3) is 0.933. The predicted octanol–water partition coefficient (Wildman–Crippen LogP) is 3.60. The standard InChI is InChI=1S/C15H26O3/c1-4-7-8-9-14(5-2)11-15(6-3)12(17-14)10-13(16)18-15/h12H,4-11H2,1-3H3. The first kappa shape index (κ1) is 13.9. The molecule has 3 atom stereocenters. The van der Waals surface area contributed by atoms with Gasteiger partial charge in [0, 0.05) is 6.42 Å². The molecule has 0 aliphatic carbocycles. The van der Waals surface area contributed by atoms with Crippen LogP contribution in [0.25, 0.3) is 0 Å². The van der Waals surface area contributed by atoms with Crippen LogP contribution in [0.1, 0.15) is 72.1 Å². The quantitative estimate of drug-likeness (QED) is 0.536. The van der Waals surface area contributed by atoms with Gasteiger partial charge in [-0.2, -0.15) is 0 Å². The lowest BCUT2D eigenvalue weighted by atomic mass is 9.82. The summed E-state index contributed by atoms with van der Waals surface area (Å²) in [4.78, 5) is 11.5. The van der Waals surface area contributed by atoms with Crippen molar-refractivity contribution in [2.45, 2.75) is 89.4 Å². The predicted molar refractivity (Wildman–Crippen MR) is 70.4 cm³/mol. The highest BCUT2D eigenvalue weighted by atomic mass is 16.6. The summed E-state index contributed by atoms with van der Waals surface area (Å²) < 4.78 is 11.9. The highest BCUT2D eigenvalue weighted by Gasteiger charge is 2.60. The summed E-state index contributed by atoms with van der Waals surface area (Å²) in [7, 11) is 0. The van der Waals surface area contributed by atoms with Crippen LogP contribution < -0.4 is 0 Å². The molecular weight excluding hydrogens is 228 g/mol. The van der Waals surface area contributed by atoms with Gasteiger partial charge in [-0.15, -0.1) is 0 Å². The average Bonchev–Trinajstić information content (AvgIpc) is 2.80. The van der Waals surface area contributed by atoms with E-state index in [1.54, 1.807) is 0 Å². The maximum Gasteiger partial charge on any atom is 0.309 e. The van der Waals surface area contributed by atoms with Crippen LogP contribution in [-0.4, -0.2) is 23.3 Å². The molecule has 2 fully saturated rings. The molecule has 0 aromatic heterocycles. The second-order valence-corrected chi connectivity index (χ2v) is 5.87. The molecule has 0 amide bonds. The van der Waals surface area contributed by atoms with Crippen LogP contribution >= 0.6 is 0 Å². The molecule has 3 unspecified atom stereocenters. The van der Waals surface area contributed by atoms with Gasteiger partial charge in [-0.3, -0.25) is 4.79 Å². The minimum atomic E-state index is -0.320. The molecular formula is C15H26O3. The monoisotopic (exact) mass is 254 g/mol. The van der Waals surface area contributed by atoms with Crippen molar-refractivity contribution >= 4 is 5.97 Å². The molecule has 18 heavy (non-hydrogen) atoms. The van der Waals surface area contributed by atoms with Crippen LogP contribution in [0.4, 0.5) is 0 Å². The second-order valence-electron chi connectivity index (χ2n) is 5.87. The zero-order valence-corrected chi connectivity index (χ0v) is 12.0. The number of carbonyl (C=O) groups excluding carboxylic acids is 1. The molecule has 0 radical (unpaired) electrons. The number of carbonyl (C=O) groups is 1. The average molecular weight is 254 g/mol. The molecule has 0 saturated carbocycles. The first-order valence-electron chi connectivity index (χ1n) is 7.49. The molecule has 2 aliphatic heterocycles. The normalized spacial score (nSPS) is 38.8. The molecule has 2 aliphatic rings. The summed E-state index contributed by atoms with van der Waals surface area (Å²) in [5.41, 5.74) is -0.365. The molecule has 0 spiro atoms. The highest BCUT2D eigenvalue weighted by Crippen LogP contribution is 2.50. The molecule has 0 bridgehead atoms. The SMILES string of the molecule is CCCCCC1(CC)CC2(CC)OC(=O)CC2O1. The molecule has 2 rings (SSSR count). The van der Waals surface area contributed by atoms with Gasteiger partial charge in [-0.1, -0.05) is 40.0 Å². The second kappa shape index (κ2) is 5.20. The summed E-state index contributed by atoms with van der Waals surface area (Å²) >= 11 is 0. The molecule has 104 valence electrons. The molecule has 0 N–H and O–H groups in total.